The molecule has 9 nitrogen and oxygen atoms in total. The molecule has 12 heteroatoms. The van der Waals surface area contributed by atoms with E-state index in [2.05, 4.69) is 16.4 Å². The quantitative estimate of drug-likeness (QED) is 0.417. The number of aromatic nitrogens is 1. The van der Waals surface area contributed by atoms with Gasteiger partial charge in [-0.05, 0) is 23.5 Å². The van der Waals surface area contributed by atoms with E-state index in [0.717, 1.165) is 5.56 Å². The monoisotopic (exact) mass is 595 g/mol. The Bertz CT molecular complexity index is 1540. The van der Waals surface area contributed by atoms with E-state index in [4.69, 9.17) is 4.74 Å². The second-order valence-electron chi connectivity index (χ2n) is 11.4. The zero-order chi connectivity index (χ0) is 31.5. The van der Waals surface area contributed by atoms with Gasteiger partial charge in [0, 0.05) is 41.2 Å². The Labute approximate surface area is 247 Å². The number of methoxy groups -OCH3 is 1. The lowest BCUT2D eigenvalue weighted by Gasteiger charge is -2.36. The lowest BCUT2D eigenvalue weighted by atomic mass is 9.85. The van der Waals surface area contributed by atoms with Gasteiger partial charge in [-0.3, -0.25) is 19.4 Å². The fourth-order valence-corrected chi connectivity index (χ4v) is 5.46. The second kappa shape index (κ2) is 12.3. The van der Waals surface area contributed by atoms with Gasteiger partial charge in [-0.25, -0.2) is 0 Å². The van der Waals surface area contributed by atoms with Crippen LogP contribution in [0.2, 0.25) is 0 Å². The molecule has 1 fully saturated rings. The molecule has 3 amide bonds. The Morgan fingerprint density at radius 2 is 1.74 bits per heavy atom. The molecule has 2 aromatic carbocycles. The number of nitrogens with zero attached hydrogens (tertiary/aromatic N) is 3. The number of likely N-dealkylation sites (tertiary alicyclic amines) is 1. The highest BCUT2D eigenvalue weighted by molar-refractivity contribution is 5.96. The van der Waals surface area contributed by atoms with Crippen LogP contribution in [-0.2, 0) is 14.4 Å². The van der Waals surface area contributed by atoms with Crippen LogP contribution in [0.15, 0.2) is 60.9 Å². The molecule has 2 N–H and O–H groups in total. The number of amides is 3. The van der Waals surface area contributed by atoms with Crippen molar-refractivity contribution >= 4 is 28.5 Å². The summed E-state index contributed by atoms with van der Waals surface area (Å²) < 4.78 is 45.1. The molecule has 1 aliphatic rings. The number of carbonyl (C=O) groups excluding carboxylic acids is 3. The van der Waals surface area contributed by atoms with Gasteiger partial charge in [0.2, 0.25) is 11.8 Å². The number of rotatable bonds is 7. The third-order valence-corrected chi connectivity index (χ3v) is 7.54. The number of alkyl halides is 3. The smallest absolute Gasteiger partial charge is 0.471 e. The van der Waals surface area contributed by atoms with Crippen molar-refractivity contribution in [2.45, 2.75) is 57.4 Å². The van der Waals surface area contributed by atoms with Gasteiger partial charge in [0.15, 0.2) is 0 Å². The summed E-state index contributed by atoms with van der Waals surface area (Å²) in [7, 11) is 1.48. The summed E-state index contributed by atoms with van der Waals surface area (Å²) in [6.07, 6.45) is -1.82. The molecule has 0 spiro atoms. The van der Waals surface area contributed by atoms with Gasteiger partial charge in [0.1, 0.15) is 23.9 Å². The predicted octanol–water partition coefficient (Wildman–Crippen LogP) is 4.40. The Morgan fingerprint density at radius 1 is 1.05 bits per heavy atom. The van der Waals surface area contributed by atoms with Crippen LogP contribution in [0.3, 0.4) is 0 Å². The van der Waals surface area contributed by atoms with Crippen LogP contribution >= 0.6 is 0 Å². The van der Waals surface area contributed by atoms with E-state index < -0.39 is 53.4 Å². The molecule has 0 radical (unpaired) electrons. The molecule has 1 aromatic heterocycles. The molecule has 1 aliphatic heterocycles. The maximum Gasteiger partial charge on any atom is 0.471 e. The van der Waals surface area contributed by atoms with Crippen molar-refractivity contribution in [3.05, 3.63) is 72.1 Å². The molecule has 226 valence electrons. The summed E-state index contributed by atoms with van der Waals surface area (Å²) in [6.45, 7) is 4.63. The van der Waals surface area contributed by atoms with E-state index in [1.807, 2.05) is 5.32 Å². The highest BCUT2D eigenvalue weighted by Gasteiger charge is 2.49. The molecule has 43 heavy (non-hydrogen) atoms. The number of pyridine rings is 1. The number of nitriles is 1. The van der Waals surface area contributed by atoms with Crippen molar-refractivity contribution in [1.82, 2.24) is 20.5 Å². The molecular weight excluding hydrogens is 563 g/mol. The first-order valence-corrected chi connectivity index (χ1v) is 13.6. The maximum absolute atomic E-state index is 14.1. The van der Waals surface area contributed by atoms with E-state index >= 15 is 0 Å². The number of ether oxygens (including phenoxy) is 1. The van der Waals surface area contributed by atoms with Crippen molar-refractivity contribution in [2.75, 3.05) is 13.7 Å². The summed E-state index contributed by atoms with van der Waals surface area (Å²) in [5.74, 6) is -3.80. The van der Waals surface area contributed by atoms with Crippen LogP contribution < -0.4 is 15.4 Å². The largest absolute Gasteiger partial charge is 0.496 e. The molecule has 3 aromatic rings. The van der Waals surface area contributed by atoms with E-state index in [-0.39, 0.29) is 6.54 Å². The van der Waals surface area contributed by atoms with Gasteiger partial charge < -0.3 is 20.3 Å². The van der Waals surface area contributed by atoms with Gasteiger partial charge >= 0.3 is 12.1 Å². The maximum atomic E-state index is 14.1. The second-order valence-corrected chi connectivity index (χ2v) is 11.4. The normalized spacial score (nSPS) is 18.4. The lowest BCUT2D eigenvalue weighted by Crippen LogP contribution is -2.59. The predicted molar refractivity (Wildman–Crippen MR) is 152 cm³/mol. The number of hydrogen-bond acceptors (Lipinski definition) is 6. The van der Waals surface area contributed by atoms with Crippen molar-refractivity contribution in [1.29, 1.82) is 5.26 Å². The van der Waals surface area contributed by atoms with Crippen LogP contribution in [0.4, 0.5) is 13.2 Å². The van der Waals surface area contributed by atoms with Crippen molar-refractivity contribution < 1.29 is 32.3 Å². The summed E-state index contributed by atoms with van der Waals surface area (Å²) >= 11 is 0. The average Bonchev–Trinajstić information content (AvgIpc) is 3.42. The summed E-state index contributed by atoms with van der Waals surface area (Å²) in [5, 5.41) is 16.0. The van der Waals surface area contributed by atoms with Gasteiger partial charge in [0.05, 0.1) is 13.2 Å². The van der Waals surface area contributed by atoms with Gasteiger partial charge in [-0.1, -0.05) is 63.2 Å². The van der Waals surface area contributed by atoms with Crippen molar-refractivity contribution in [2.24, 2.45) is 5.41 Å². The number of nitrogens with one attached hydrogen (secondary N) is 2. The average molecular weight is 596 g/mol. The topological polar surface area (TPSA) is 124 Å². The molecule has 1 saturated heterocycles. The first kappa shape index (κ1) is 31.3. The minimum Gasteiger partial charge on any atom is -0.496 e. The van der Waals surface area contributed by atoms with E-state index in [9.17, 15) is 32.8 Å². The molecule has 2 heterocycles. The third kappa shape index (κ3) is 6.56. The lowest BCUT2D eigenvalue weighted by molar-refractivity contribution is -0.176. The minimum absolute atomic E-state index is 0.0474. The first-order valence-electron chi connectivity index (χ1n) is 13.6. The molecule has 4 rings (SSSR count). The van der Waals surface area contributed by atoms with E-state index in [1.165, 1.54) is 39.0 Å². The number of hydrogen-bond donors (Lipinski definition) is 2. The fourth-order valence-electron chi connectivity index (χ4n) is 5.46. The fraction of sp³-hybridized carbons (Fsp3) is 0.387. The van der Waals surface area contributed by atoms with Gasteiger partial charge in [0.25, 0.3) is 0 Å². The first-order chi connectivity index (χ1) is 20.3. The molecule has 1 unspecified atom stereocenters. The zero-order valence-corrected chi connectivity index (χ0v) is 24.1. The van der Waals surface area contributed by atoms with Crippen LogP contribution in [-0.4, -0.2) is 59.5 Å². The molecule has 0 aliphatic carbocycles. The molecule has 0 bridgehead atoms. The Balaban J connectivity index is 1.73. The van der Waals surface area contributed by atoms with Crippen LogP contribution in [0.1, 0.15) is 50.3 Å². The molecule has 0 saturated carbocycles. The van der Waals surface area contributed by atoms with Gasteiger partial charge in [-0.15, -0.1) is 0 Å². The zero-order valence-electron chi connectivity index (χ0n) is 24.1. The van der Waals surface area contributed by atoms with Crippen LogP contribution in [0, 0.1) is 16.7 Å². The minimum atomic E-state index is -5.20. The number of carbonyl (C=O) groups is 3. The molecular formula is C31H32F3N5O4. The Morgan fingerprint density at radius 3 is 2.35 bits per heavy atom. The Hall–Kier alpha value is -4.66. The highest BCUT2D eigenvalue weighted by atomic mass is 19.4. The SMILES string of the molecule is COc1cccc2cncc(C(C#N)NC(=O)[C@@H]3[C@@H](c4ccccc4)CCN3C(=O)[C@@H](NC(=O)C(F)(F)F)C(C)(C)C)c12. The van der Waals surface area contributed by atoms with E-state index in [1.54, 1.807) is 54.7 Å². The van der Waals surface area contributed by atoms with Crippen molar-refractivity contribution in [3.8, 4) is 11.8 Å². The number of benzene rings is 2. The Kier molecular flexibility index (Phi) is 8.94. The summed E-state index contributed by atoms with van der Waals surface area (Å²) in [5.41, 5.74) is -0.000876. The summed E-state index contributed by atoms with van der Waals surface area (Å²) in [4.78, 5) is 45.3. The van der Waals surface area contributed by atoms with Crippen LogP contribution in [0.25, 0.3) is 10.8 Å². The highest BCUT2D eigenvalue weighted by Crippen LogP contribution is 2.37. The van der Waals surface area contributed by atoms with E-state index in [0.29, 0.717) is 28.5 Å². The van der Waals surface area contributed by atoms with Crippen molar-refractivity contribution in [3.63, 3.8) is 0 Å². The summed E-state index contributed by atoms with van der Waals surface area (Å²) in [6, 6.07) is 12.4. The van der Waals surface area contributed by atoms with Gasteiger partial charge in [-0.2, -0.15) is 18.4 Å². The third-order valence-electron chi connectivity index (χ3n) is 7.54. The standard InChI is InChI=1S/C31H32F3N5O4/c1-30(2,3)26(38-29(42)31(32,33)34)28(41)39-14-13-20(18-9-6-5-7-10-18)25(39)27(40)37-22(15-35)21-17-36-16-19-11-8-12-23(43-4)24(19)21/h5-12,16-17,20,22,25-26H,13-14H2,1-4H3,(H,37,40)(H,38,42)/t20-,22?,25+,26-/m1/s1. The molecule has 4 atom stereocenters. The number of fused-ring (bicyclic) bond motifs is 1. The van der Waals surface area contributed by atoms with Crippen LogP contribution in [0.5, 0.6) is 5.75 Å². The number of halogens is 3.